The molecular weight excluding hydrogens is 232 g/mol. The summed E-state index contributed by atoms with van der Waals surface area (Å²) < 4.78 is 1.84. The average molecular weight is 244 g/mol. The highest BCUT2D eigenvalue weighted by Gasteiger charge is 2.05. The summed E-state index contributed by atoms with van der Waals surface area (Å²) in [6.45, 7) is 0.762. The smallest absolute Gasteiger partial charge is 0.153 e. The van der Waals surface area contributed by atoms with E-state index in [1.807, 2.05) is 36.0 Å². The number of hydrogen-bond donors (Lipinski definition) is 1. The van der Waals surface area contributed by atoms with Gasteiger partial charge in [0.15, 0.2) is 5.65 Å². The fraction of sp³-hybridized carbons (Fsp3) is 0.167. The lowest BCUT2D eigenvalue weighted by Crippen LogP contribution is -2.04. The fourth-order valence-electron chi connectivity index (χ4n) is 1.75. The van der Waals surface area contributed by atoms with Gasteiger partial charge in [-0.05, 0) is 30.6 Å². The van der Waals surface area contributed by atoms with Crippen LogP contribution in [0.2, 0.25) is 0 Å². The molecule has 0 atom stereocenters. The summed E-state index contributed by atoms with van der Waals surface area (Å²) >= 11 is 1.69. The van der Waals surface area contributed by atoms with Crippen molar-refractivity contribution in [2.24, 2.45) is 0 Å². The molecule has 3 aromatic heterocycles. The molecule has 0 saturated heterocycles. The van der Waals surface area contributed by atoms with Gasteiger partial charge in [0.05, 0.1) is 16.8 Å². The highest BCUT2D eigenvalue weighted by molar-refractivity contribution is 7.13. The minimum absolute atomic E-state index is 0.762. The minimum Gasteiger partial charge on any atom is -0.314 e. The Kier molecular flexibility index (Phi) is 2.62. The molecule has 0 bridgehead atoms. The third-order valence-electron chi connectivity index (χ3n) is 2.50. The Morgan fingerprint density at radius 2 is 2.29 bits per heavy atom. The standard InChI is InChI=1S/C12H12N4S/c1-13-7-9-8-16-12(14-9)5-4-10(15-16)11-3-2-6-17-11/h2-6,8,13H,7H2,1H3. The van der Waals surface area contributed by atoms with Crippen LogP contribution in [0, 0.1) is 0 Å². The highest BCUT2D eigenvalue weighted by Crippen LogP contribution is 2.22. The SMILES string of the molecule is CNCc1cn2nc(-c3cccs3)ccc2n1. The van der Waals surface area contributed by atoms with Crippen LogP contribution in [0.25, 0.3) is 16.2 Å². The highest BCUT2D eigenvalue weighted by atomic mass is 32.1. The van der Waals surface area contributed by atoms with E-state index in [1.54, 1.807) is 11.3 Å². The van der Waals surface area contributed by atoms with Crippen molar-refractivity contribution in [3.05, 3.63) is 41.5 Å². The molecule has 0 radical (unpaired) electrons. The molecule has 0 aliphatic rings. The zero-order valence-corrected chi connectivity index (χ0v) is 10.2. The molecule has 86 valence electrons. The van der Waals surface area contributed by atoms with Crippen molar-refractivity contribution in [3.8, 4) is 10.6 Å². The number of thiophene rings is 1. The second kappa shape index (κ2) is 4.27. The first-order valence-corrected chi connectivity index (χ1v) is 6.28. The lowest BCUT2D eigenvalue weighted by molar-refractivity contribution is 0.796. The largest absolute Gasteiger partial charge is 0.314 e. The van der Waals surface area contributed by atoms with Gasteiger partial charge in [0.25, 0.3) is 0 Å². The Morgan fingerprint density at radius 3 is 3.06 bits per heavy atom. The number of hydrogen-bond acceptors (Lipinski definition) is 4. The third kappa shape index (κ3) is 1.94. The van der Waals surface area contributed by atoms with E-state index in [0.29, 0.717) is 0 Å². The van der Waals surface area contributed by atoms with Gasteiger partial charge in [0.2, 0.25) is 0 Å². The van der Waals surface area contributed by atoms with Gasteiger partial charge >= 0.3 is 0 Å². The molecule has 0 amide bonds. The van der Waals surface area contributed by atoms with E-state index in [-0.39, 0.29) is 0 Å². The van der Waals surface area contributed by atoms with Crippen LogP contribution in [0.5, 0.6) is 0 Å². The summed E-state index contributed by atoms with van der Waals surface area (Å²) in [7, 11) is 1.91. The van der Waals surface area contributed by atoms with Crippen LogP contribution in [0.15, 0.2) is 35.8 Å². The molecule has 4 nitrogen and oxygen atoms in total. The van der Waals surface area contributed by atoms with Gasteiger partial charge in [-0.1, -0.05) is 6.07 Å². The van der Waals surface area contributed by atoms with Gasteiger partial charge in [-0.25, -0.2) is 9.50 Å². The molecule has 1 N–H and O–H groups in total. The summed E-state index contributed by atoms with van der Waals surface area (Å²) in [4.78, 5) is 5.64. The third-order valence-corrected chi connectivity index (χ3v) is 3.39. The monoisotopic (exact) mass is 244 g/mol. The Balaban J connectivity index is 2.06. The zero-order valence-electron chi connectivity index (χ0n) is 9.42. The number of imidazole rings is 1. The quantitative estimate of drug-likeness (QED) is 0.768. The predicted octanol–water partition coefficient (Wildman–Crippen LogP) is 2.18. The molecule has 0 aliphatic carbocycles. The molecule has 3 aromatic rings. The van der Waals surface area contributed by atoms with E-state index in [4.69, 9.17) is 0 Å². The first-order chi connectivity index (χ1) is 8.36. The molecule has 5 heteroatoms. The molecule has 0 spiro atoms. The maximum Gasteiger partial charge on any atom is 0.153 e. The van der Waals surface area contributed by atoms with E-state index >= 15 is 0 Å². The van der Waals surface area contributed by atoms with Crippen molar-refractivity contribution >= 4 is 17.0 Å². The molecule has 0 unspecified atom stereocenters. The summed E-state index contributed by atoms with van der Waals surface area (Å²) in [5.41, 5.74) is 2.87. The Hall–Kier alpha value is -1.72. The lowest BCUT2D eigenvalue weighted by atomic mass is 10.3. The second-order valence-corrected chi connectivity index (χ2v) is 4.71. The van der Waals surface area contributed by atoms with Gasteiger partial charge < -0.3 is 5.32 Å². The normalized spacial score (nSPS) is 11.1. The Bertz CT molecular complexity index is 627. The molecule has 3 heterocycles. The lowest BCUT2D eigenvalue weighted by Gasteiger charge is -1.97. The van der Waals surface area contributed by atoms with E-state index in [1.165, 1.54) is 4.88 Å². The summed E-state index contributed by atoms with van der Waals surface area (Å²) in [5, 5.41) is 9.70. The number of nitrogens with one attached hydrogen (secondary N) is 1. The first-order valence-electron chi connectivity index (χ1n) is 5.40. The van der Waals surface area contributed by atoms with Crippen molar-refractivity contribution in [2.75, 3.05) is 7.05 Å². The second-order valence-electron chi connectivity index (χ2n) is 3.76. The van der Waals surface area contributed by atoms with E-state index in [2.05, 4.69) is 26.8 Å². The topological polar surface area (TPSA) is 42.2 Å². The van der Waals surface area contributed by atoms with E-state index in [0.717, 1.165) is 23.6 Å². The zero-order chi connectivity index (χ0) is 11.7. The Labute approximate surface area is 103 Å². The first kappa shape index (κ1) is 10.4. The van der Waals surface area contributed by atoms with Crippen molar-refractivity contribution in [1.82, 2.24) is 19.9 Å². The van der Waals surface area contributed by atoms with Crippen molar-refractivity contribution in [1.29, 1.82) is 0 Å². The van der Waals surface area contributed by atoms with Gasteiger partial charge in [-0.2, -0.15) is 5.10 Å². The van der Waals surface area contributed by atoms with Crippen LogP contribution < -0.4 is 5.32 Å². The maximum absolute atomic E-state index is 4.56. The number of nitrogens with zero attached hydrogens (tertiary/aromatic N) is 3. The summed E-state index contributed by atoms with van der Waals surface area (Å²) in [6.07, 6.45) is 1.96. The van der Waals surface area contributed by atoms with Crippen molar-refractivity contribution in [3.63, 3.8) is 0 Å². The minimum atomic E-state index is 0.762. The van der Waals surface area contributed by atoms with Gasteiger partial charge in [-0.15, -0.1) is 11.3 Å². The van der Waals surface area contributed by atoms with E-state index in [9.17, 15) is 0 Å². The predicted molar refractivity (Wildman–Crippen MR) is 69.1 cm³/mol. The summed E-state index contributed by atoms with van der Waals surface area (Å²) in [5.74, 6) is 0. The van der Waals surface area contributed by atoms with Crippen LogP contribution in [0.4, 0.5) is 0 Å². The maximum atomic E-state index is 4.56. The molecular formula is C12H12N4S. The van der Waals surface area contributed by atoms with Crippen molar-refractivity contribution in [2.45, 2.75) is 6.54 Å². The summed E-state index contributed by atoms with van der Waals surface area (Å²) in [6, 6.07) is 8.12. The van der Waals surface area contributed by atoms with Crippen LogP contribution in [0.1, 0.15) is 5.69 Å². The number of aromatic nitrogens is 3. The molecule has 17 heavy (non-hydrogen) atoms. The number of fused-ring (bicyclic) bond motifs is 1. The molecule has 0 fully saturated rings. The van der Waals surface area contributed by atoms with Gasteiger partial charge in [0, 0.05) is 6.54 Å². The average Bonchev–Trinajstić information content (AvgIpc) is 2.96. The molecule has 0 aromatic carbocycles. The molecule has 0 aliphatic heterocycles. The van der Waals surface area contributed by atoms with Gasteiger partial charge in [0.1, 0.15) is 5.69 Å². The van der Waals surface area contributed by atoms with E-state index < -0.39 is 0 Å². The van der Waals surface area contributed by atoms with Crippen molar-refractivity contribution < 1.29 is 0 Å². The van der Waals surface area contributed by atoms with Crippen LogP contribution >= 0.6 is 11.3 Å². The fourth-order valence-corrected chi connectivity index (χ4v) is 2.44. The van der Waals surface area contributed by atoms with Crippen LogP contribution in [-0.2, 0) is 6.54 Å². The van der Waals surface area contributed by atoms with Crippen LogP contribution in [0.3, 0.4) is 0 Å². The van der Waals surface area contributed by atoms with Gasteiger partial charge in [-0.3, -0.25) is 0 Å². The molecule has 0 saturated carbocycles. The van der Waals surface area contributed by atoms with Crippen LogP contribution in [-0.4, -0.2) is 21.6 Å². The molecule has 3 rings (SSSR count). The Morgan fingerprint density at radius 1 is 1.35 bits per heavy atom. The number of rotatable bonds is 3.